The molecule has 3 heteroatoms. The second-order valence-corrected chi connectivity index (χ2v) is 12.6. The molecule has 0 amide bonds. The van der Waals surface area contributed by atoms with E-state index in [1.165, 1.54) is 64.3 Å². The third-order valence-corrected chi connectivity index (χ3v) is 10.4. The zero-order valence-corrected chi connectivity index (χ0v) is 24.5. The maximum Gasteiger partial charge on any atom is 0.145 e. The van der Waals surface area contributed by atoms with E-state index in [2.05, 4.69) is 150 Å². The van der Waals surface area contributed by atoms with E-state index in [-0.39, 0.29) is 0 Å². The maximum atomic E-state index is 5.05. The predicted octanol–water partition coefficient (Wildman–Crippen LogP) is 11.5. The quantitative estimate of drug-likeness (QED) is 0.205. The molecule has 9 aromatic rings. The lowest BCUT2D eigenvalue weighted by Crippen LogP contribution is -1.97. The van der Waals surface area contributed by atoms with Crippen LogP contribution in [0.2, 0.25) is 0 Å². The number of hydrogen-bond acceptors (Lipinski definition) is 2. The topological polar surface area (TPSA) is 17.8 Å². The van der Waals surface area contributed by atoms with Gasteiger partial charge >= 0.3 is 0 Å². The molecule has 2 heterocycles. The van der Waals surface area contributed by atoms with Gasteiger partial charge in [0.15, 0.2) is 0 Å². The van der Waals surface area contributed by atoms with E-state index in [1.54, 1.807) is 0 Å². The van der Waals surface area contributed by atoms with E-state index in [0.29, 0.717) is 0 Å². The molecule has 0 aliphatic heterocycles. The number of hydrogen-bond donors (Lipinski definition) is 0. The molecule has 0 saturated heterocycles. The molecule has 204 valence electrons. The minimum absolute atomic E-state index is 0.953. The fraction of sp³-hybridized carbons (Fsp3) is 0. The van der Waals surface area contributed by atoms with Crippen LogP contribution in [0.3, 0.4) is 0 Å². The van der Waals surface area contributed by atoms with Crippen LogP contribution in [-0.4, -0.2) is 9.55 Å². The fourth-order valence-electron chi connectivity index (χ4n) is 7.15. The highest BCUT2D eigenvalue weighted by Gasteiger charge is 2.23. The molecular formula is C41H24N2S. The molecule has 0 radical (unpaired) electrons. The number of benzene rings is 7. The molecule has 0 atom stereocenters. The van der Waals surface area contributed by atoms with Crippen molar-refractivity contribution in [3.63, 3.8) is 0 Å². The molecule has 1 aliphatic carbocycles. The highest BCUT2D eigenvalue weighted by molar-refractivity contribution is 7.26. The molecule has 0 saturated carbocycles. The van der Waals surface area contributed by atoms with Crippen LogP contribution in [0.15, 0.2) is 146 Å². The molecule has 10 rings (SSSR count). The van der Waals surface area contributed by atoms with Crippen molar-refractivity contribution in [3.8, 4) is 50.5 Å². The lowest BCUT2D eigenvalue weighted by molar-refractivity contribution is 1.10. The number of aromatic nitrogens is 2. The van der Waals surface area contributed by atoms with Crippen LogP contribution in [-0.2, 0) is 0 Å². The Bertz CT molecular complexity index is 2590. The Morgan fingerprint density at radius 2 is 1.18 bits per heavy atom. The summed E-state index contributed by atoms with van der Waals surface area (Å²) in [5, 5.41) is 5.43. The molecule has 2 aromatic heterocycles. The Morgan fingerprint density at radius 1 is 0.477 bits per heavy atom. The first-order valence-corrected chi connectivity index (χ1v) is 15.8. The molecule has 7 aromatic carbocycles. The summed E-state index contributed by atoms with van der Waals surface area (Å²) < 4.78 is 4.95. The minimum atomic E-state index is 0.953. The van der Waals surface area contributed by atoms with Gasteiger partial charge in [-0.05, 0) is 75.2 Å². The van der Waals surface area contributed by atoms with Crippen LogP contribution in [0.1, 0.15) is 0 Å². The van der Waals surface area contributed by atoms with Crippen molar-refractivity contribution in [1.82, 2.24) is 9.55 Å². The van der Waals surface area contributed by atoms with Gasteiger partial charge in [-0.15, -0.1) is 11.3 Å². The van der Waals surface area contributed by atoms with Crippen LogP contribution in [0.25, 0.3) is 92.4 Å². The number of para-hydroxylation sites is 3. The smallest absolute Gasteiger partial charge is 0.145 e. The van der Waals surface area contributed by atoms with Gasteiger partial charge in [0.2, 0.25) is 0 Å². The Hall–Kier alpha value is -5.51. The second-order valence-electron chi connectivity index (χ2n) is 11.6. The lowest BCUT2D eigenvalue weighted by Gasteiger charge is -2.10. The molecule has 0 spiro atoms. The van der Waals surface area contributed by atoms with Gasteiger partial charge < -0.3 is 0 Å². The first-order chi connectivity index (χ1) is 21.8. The monoisotopic (exact) mass is 576 g/mol. The third-order valence-electron chi connectivity index (χ3n) is 9.15. The Balaban J connectivity index is 1.09. The minimum Gasteiger partial charge on any atom is -0.292 e. The first kappa shape index (κ1) is 24.0. The van der Waals surface area contributed by atoms with Crippen LogP contribution >= 0.6 is 11.3 Å². The number of rotatable bonds is 3. The first-order valence-electron chi connectivity index (χ1n) is 15.0. The van der Waals surface area contributed by atoms with Crippen molar-refractivity contribution in [2.45, 2.75) is 0 Å². The summed E-state index contributed by atoms with van der Waals surface area (Å²) in [6.07, 6.45) is 0. The van der Waals surface area contributed by atoms with Crippen LogP contribution in [0.5, 0.6) is 0 Å². The summed E-state index contributed by atoms with van der Waals surface area (Å²) in [6.45, 7) is 0. The van der Waals surface area contributed by atoms with Crippen molar-refractivity contribution >= 4 is 53.3 Å². The van der Waals surface area contributed by atoms with Gasteiger partial charge in [-0.2, -0.15) is 0 Å². The van der Waals surface area contributed by atoms with Crippen LogP contribution < -0.4 is 0 Å². The zero-order valence-electron chi connectivity index (χ0n) is 23.7. The predicted molar refractivity (Wildman–Crippen MR) is 187 cm³/mol. The van der Waals surface area contributed by atoms with Crippen molar-refractivity contribution in [1.29, 1.82) is 0 Å². The normalized spacial score (nSPS) is 12.1. The largest absolute Gasteiger partial charge is 0.292 e. The fourth-order valence-corrected chi connectivity index (χ4v) is 8.40. The van der Waals surface area contributed by atoms with Gasteiger partial charge in [0.25, 0.3) is 0 Å². The van der Waals surface area contributed by atoms with Crippen LogP contribution in [0, 0.1) is 0 Å². The molecule has 44 heavy (non-hydrogen) atoms. The molecule has 0 N–H and O–H groups in total. The molecule has 2 nitrogen and oxygen atoms in total. The summed E-state index contributed by atoms with van der Waals surface area (Å²) >= 11 is 1.91. The van der Waals surface area contributed by atoms with Crippen molar-refractivity contribution in [2.24, 2.45) is 0 Å². The highest BCUT2D eigenvalue weighted by atomic mass is 32.1. The molecule has 0 fully saturated rings. The van der Waals surface area contributed by atoms with E-state index in [9.17, 15) is 0 Å². The van der Waals surface area contributed by atoms with E-state index in [1.807, 2.05) is 11.3 Å². The molecule has 0 unspecified atom stereocenters. The number of nitrogens with zero attached hydrogens (tertiary/aromatic N) is 2. The van der Waals surface area contributed by atoms with Gasteiger partial charge in [0, 0.05) is 36.8 Å². The number of fused-ring (bicyclic) bond motifs is 8. The van der Waals surface area contributed by atoms with Gasteiger partial charge in [-0.25, -0.2) is 4.98 Å². The van der Waals surface area contributed by atoms with E-state index in [4.69, 9.17) is 4.98 Å². The molecular weight excluding hydrogens is 553 g/mol. The van der Waals surface area contributed by atoms with Gasteiger partial charge in [-0.3, -0.25) is 4.57 Å². The van der Waals surface area contributed by atoms with Crippen molar-refractivity contribution < 1.29 is 0 Å². The Morgan fingerprint density at radius 3 is 2.05 bits per heavy atom. The number of thiophene rings is 1. The molecule has 0 bridgehead atoms. The average molecular weight is 577 g/mol. The van der Waals surface area contributed by atoms with Crippen LogP contribution in [0.4, 0.5) is 0 Å². The standard InChI is InChI=1S/C41H24N2S/c1-2-9-28(10-3-1)43-37-16-7-6-15-36(37)42-41(43)26-19-17-25(18-20-26)27-21-22-31-35-24-34-30-12-5-4-11-29(30)32-13-8-14-33(39(32)34)40(35)44-38(31)23-27/h1-24H. The second kappa shape index (κ2) is 9.00. The summed E-state index contributed by atoms with van der Waals surface area (Å²) in [5.41, 5.74) is 12.2. The Labute approximate surface area is 258 Å². The summed E-state index contributed by atoms with van der Waals surface area (Å²) in [4.78, 5) is 5.05. The van der Waals surface area contributed by atoms with E-state index in [0.717, 1.165) is 28.1 Å². The number of imidazole rings is 1. The molecule has 1 aliphatic rings. The average Bonchev–Trinajstić information content (AvgIpc) is 3.76. The van der Waals surface area contributed by atoms with Gasteiger partial charge in [0.05, 0.1) is 11.0 Å². The Kier molecular flexibility index (Phi) is 4.90. The summed E-state index contributed by atoms with van der Waals surface area (Å²) in [6, 6.07) is 52.7. The van der Waals surface area contributed by atoms with Gasteiger partial charge in [0.1, 0.15) is 5.82 Å². The zero-order chi connectivity index (χ0) is 28.8. The highest BCUT2D eigenvalue weighted by Crippen LogP contribution is 2.51. The summed E-state index contributed by atoms with van der Waals surface area (Å²) in [7, 11) is 0. The van der Waals surface area contributed by atoms with E-state index < -0.39 is 0 Å². The van der Waals surface area contributed by atoms with E-state index >= 15 is 0 Å². The third kappa shape index (κ3) is 3.33. The van der Waals surface area contributed by atoms with Gasteiger partial charge in [-0.1, -0.05) is 109 Å². The van der Waals surface area contributed by atoms with Crippen molar-refractivity contribution in [2.75, 3.05) is 0 Å². The van der Waals surface area contributed by atoms with Crippen molar-refractivity contribution in [3.05, 3.63) is 146 Å². The SMILES string of the molecule is c1ccc(-n2c(-c3ccc(-c4ccc5c(c4)sc4c6cccc7c6c(cc54)-c4ccccc4-7)cc3)nc3ccccc32)cc1. The lowest BCUT2D eigenvalue weighted by atomic mass is 9.98. The maximum absolute atomic E-state index is 5.05. The summed E-state index contributed by atoms with van der Waals surface area (Å²) in [5.74, 6) is 0.953.